The highest BCUT2D eigenvalue weighted by Crippen LogP contribution is 2.20. The molecule has 9 heteroatoms. The van der Waals surface area contributed by atoms with Gasteiger partial charge in [-0.1, -0.05) is 11.8 Å². The first kappa shape index (κ1) is 21.1. The lowest BCUT2D eigenvalue weighted by molar-refractivity contribution is 0.581. The third-order valence-electron chi connectivity index (χ3n) is 2.93. The number of aliphatic imine (C=N–C) groups is 1. The lowest BCUT2D eigenvalue weighted by Gasteiger charge is -2.12. The van der Waals surface area contributed by atoms with Gasteiger partial charge in [-0.05, 0) is 24.6 Å². The van der Waals surface area contributed by atoms with Crippen LogP contribution in [0.15, 0.2) is 39.1 Å². The van der Waals surface area contributed by atoms with Crippen molar-refractivity contribution >= 4 is 53.0 Å². The van der Waals surface area contributed by atoms with Crippen molar-refractivity contribution in [3.63, 3.8) is 0 Å². The van der Waals surface area contributed by atoms with Crippen LogP contribution in [-0.2, 0) is 6.54 Å². The molecule has 0 amide bonds. The van der Waals surface area contributed by atoms with Gasteiger partial charge in [0.15, 0.2) is 5.96 Å². The Kier molecular flexibility index (Phi) is 10.2. The predicted octanol–water partition coefficient (Wildman–Crippen LogP) is 3.89. The largest absolute Gasteiger partial charge is 0.356 e. The van der Waals surface area contributed by atoms with E-state index in [0.717, 1.165) is 35.2 Å². The first-order valence-corrected chi connectivity index (χ1v) is 8.96. The number of nitrogens with one attached hydrogen (secondary N) is 2. The second kappa shape index (κ2) is 11.6. The minimum atomic E-state index is -0.453. The molecule has 24 heavy (non-hydrogen) atoms. The highest BCUT2D eigenvalue weighted by atomic mass is 127. The van der Waals surface area contributed by atoms with Crippen molar-refractivity contribution in [1.82, 2.24) is 15.6 Å². The molecule has 2 aromatic rings. The van der Waals surface area contributed by atoms with Crippen LogP contribution in [0.2, 0.25) is 0 Å². The van der Waals surface area contributed by atoms with Crippen LogP contribution in [0.25, 0.3) is 0 Å². The second-order valence-electron chi connectivity index (χ2n) is 4.59. The zero-order valence-corrected chi connectivity index (χ0v) is 17.1. The van der Waals surface area contributed by atoms with Gasteiger partial charge < -0.3 is 10.6 Å². The lowest BCUT2D eigenvalue weighted by atomic mass is 10.2. The highest BCUT2D eigenvalue weighted by Gasteiger charge is 2.05. The fraction of sp³-hybridized carbons (Fsp3) is 0.333. The summed E-state index contributed by atoms with van der Waals surface area (Å²) in [5.41, 5.74) is 0.271. The fourth-order valence-electron chi connectivity index (χ4n) is 1.80. The van der Waals surface area contributed by atoms with Crippen molar-refractivity contribution in [2.45, 2.75) is 17.3 Å². The smallest absolute Gasteiger partial charge is 0.191 e. The molecule has 0 aliphatic carbocycles. The quantitative estimate of drug-likeness (QED) is 0.206. The summed E-state index contributed by atoms with van der Waals surface area (Å²) in [5, 5.41) is 8.08. The van der Waals surface area contributed by atoms with Gasteiger partial charge in [0.25, 0.3) is 0 Å². The van der Waals surface area contributed by atoms with Crippen LogP contribution in [0.1, 0.15) is 12.0 Å². The molecule has 0 bridgehead atoms. The molecular formula is C15H19F2IN4S2. The summed E-state index contributed by atoms with van der Waals surface area (Å²) in [6.07, 6.45) is 2.74. The van der Waals surface area contributed by atoms with Gasteiger partial charge in [0.05, 0.1) is 0 Å². The van der Waals surface area contributed by atoms with E-state index in [9.17, 15) is 8.78 Å². The Hall–Kier alpha value is -0.940. The van der Waals surface area contributed by atoms with E-state index in [0.29, 0.717) is 5.96 Å². The van der Waals surface area contributed by atoms with Gasteiger partial charge >= 0.3 is 0 Å². The van der Waals surface area contributed by atoms with Crippen LogP contribution in [0.3, 0.4) is 0 Å². The normalized spacial score (nSPS) is 11.0. The number of nitrogens with zero attached hydrogens (tertiary/aromatic N) is 2. The summed E-state index contributed by atoms with van der Waals surface area (Å²) in [7, 11) is 1.64. The third-order valence-corrected chi connectivity index (χ3v) is 4.98. The molecule has 0 aliphatic rings. The lowest BCUT2D eigenvalue weighted by Crippen LogP contribution is -2.37. The van der Waals surface area contributed by atoms with Crippen molar-refractivity contribution in [3.8, 4) is 0 Å². The Morgan fingerprint density at radius 2 is 2.17 bits per heavy atom. The zero-order chi connectivity index (χ0) is 16.5. The number of rotatable bonds is 7. The Labute approximate surface area is 165 Å². The standard InChI is InChI=1S/C15H18F2N4S2.HI/c1-18-14(19-5-2-7-22-15-20-6-8-23-15)21-10-11-9-12(16)3-4-13(11)17;/h3-4,6,8-9H,2,5,7,10H2,1H3,(H2,18,19,21);1H. The van der Waals surface area contributed by atoms with Crippen molar-refractivity contribution in [1.29, 1.82) is 0 Å². The fourth-order valence-corrected chi connectivity index (χ4v) is 3.45. The number of thioether (sulfide) groups is 1. The molecule has 0 atom stereocenters. The molecule has 0 radical (unpaired) electrons. The molecule has 132 valence electrons. The molecular weight excluding hydrogens is 465 g/mol. The minimum Gasteiger partial charge on any atom is -0.356 e. The van der Waals surface area contributed by atoms with E-state index in [-0.39, 0.29) is 36.1 Å². The summed E-state index contributed by atoms with van der Waals surface area (Å²) < 4.78 is 27.7. The number of guanidine groups is 1. The van der Waals surface area contributed by atoms with E-state index in [1.165, 1.54) is 6.07 Å². The maximum absolute atomic E-state index is 13.5. The average molecular weight is 484 g/mol. The molecule has 0 aliphatic heterocycles. The maximum Gasteiger partial charge on any atom is 0.191 e. The van der Waals surface area contributed by atoms with Crippen molar-refractivity contribution in [2.75, 3.05) is 19.3 Å². The van der Waals surface area contributed by atoms with Crippen LogP contribution in [0, 0.1) is 11.6 Å². The van der Waals surface area contributed by atoms with Gasteiger partial charge in [0.2, 0.25) is 0 Å². The van der Waals surface area contributed by atoms with Crippen LogP contribution in [0.5, 0.6) is 0 Å². The van der Waals surface area contributed by atoms with Crippen LogP contribution in [-0.4, -0.2) is 30.3 Å². The third kappa shape index (κ3) is 7.31. The van der Waals surface area contributed by atoms with Gasteiger partial charge in [-0.25, -0.2) is 13.8 Å². The first-order valence-electron chi connectivity index (χ1n) is 7.10. The number of thiazole rings is 1. The van der Waals surface area contributed by atoms with E-state index in [2.05, 4.69) is 20.6 Å². The van der Waals surface area contributed by atoms with E-state index in [1.807, 2.05) is 5.38 Å². The second-order valence-corrected chi connectivity index (χ2v) is 6.82. The van der Waals surface area contributed by atoms with Crippen LogP contribution >= 0.6 is 47.1 Å². The summed E-state index contributed by atoms with van der Waals surface area (Å²) >= 11 is 3.35. The van der Waals surface area contributed by atoms with E-state index >= 15 is 0 Å². The SMILES string of the molecule is CN=C(NCCCSc1nccs1)NCc1cc(F)ccc1F.I. The summed E-state index contributed by atoms with van der Waals surface area (Å²) in [6.45, 7) is 0.917. The number of aromatic nitrogens is 1. The number of halogens is 3. The van der Waals surface area contributed by atoms with Gasteiger partial charge in [-0.15, -0.1) is 35.3 Å². The van der Waals surface area contributed by atoms with Crippen LogP contribution in [0.4, 0.5) is 8.78 Å². The Bertz CT molecular complexity index is 638. The van der Waals surface area contributed by atoms with E-state index in [4.69, 9.17) is 0 Å². The molecule has 0 saturated heterocycles. The van der Waals surface area contributed by atoms with Gasteiger partial charge in [-0.2, -0.15) is 0 Å². The predicted molar refractivity (Wildman–Crippen MR) is 107 cm³/mol. The Morgan fingerprint density at radius 3 is 2.88 bits per heavy atom. The van der Waals surface area contributed by atoms with Crippen LogP contribution < -0.4 is 10.6 Å². The van der Waals surface area contributed by atoms with Crippen molar-refractivity contribution in [2.24, 2.45) is 4.99 Å². The summed E-state index contributed by atoms with van der Waals surface area (Å²) in [5.74, 6) is 0.628. The molecule has 1 heterocycles. The average Bonchev–Trinajstić information content (AvgIpc) is 3.06. The number of hydrogen-bond donors (Lipinski definition) is 2. The molecule has 0 saturated carbocycles. The topological polar surface area (TPSA) is 49.3 Å². The monoisotopic (exact) mass is 484 g/mol. The molecule has 1 aromatic carbocycles. The molecule has 1 aromatic heterocycles. The zero-order valence-electron chi connectivity index (χ0n) is 13.1. The van der Waals surface area contributed by atoms with Crippen molar-refractivity contribution in [3.05, 3.63) is 47.0 Å². The Balaban J connectivity index is 0.00000288. The molecule has 4 nitrogen and oxygen atoms in total. The van der Waals surface area contributed by atoms with Gasteiger partial charge in [-0.3, -0.25) is 4.99 Å². The van der Waals surface area contributed by atoms with Gasteiger partial charge in [0.1, 0.15) is 16.0 Å². The highest BCUT2D eigenvalue weighted by molar-refractivity contribution is 14.0. The number of benzene rings is 1. The van der Waals surface area contributed by atoms with Gasteiger partial charge in [0, 0.05) is 43.0 Å². The summed E-state index contributed by atoms with van der Waals surface area (Å²) in [4.78, 5) is 8.27. The number of hydrogen-bond acceptors (Lipinski definition) is 4. The van der Waals surface area contributed by atoms with E-state index < -0.39 is 11.6 Å². The molecule has 0 spiro atoms. The first-order chi connectivity index (χ1) is 11.2. The molecule has 0 fully saturated rings. The van der Waals surface area contributed by atoms with E-state index in [1.54, 1.807) is 36.3 Å². The maximum atomic E-state index is 13.5. The molecule has 0 unspecified atom stereocenters. The molecule has 2 N–H and O–H groups in total. The minimum absolute atomic E-state index is 0. The Morgan fingerprint density at radius 1 is 1.33 bits per heavy atom. The molecule has 2 rings (SSSR count). The van der Waals surface area contributed by atoms with Crippen molar-refractivity contribution < 1.29 is 8.78 Å². The summed E-state index contributed by atoms with van der Waals surface area (Å²) in [6, 6.07) is 3.41.